The second kappa shape index (κ2) is 4.45. The van der Waals surface area contributed by atoms with Gasteiger partial charge in [0.05, 0.1) is 0 Å². The van der Waals surface area contributed by atoms with Gasteiger partial charge in [-0.1, -0.05) is 11.3 Å². The zero-order chi connectivity index (χ0) is 10.8. The summed E-state index contributed by atoms with van der Waals surface area (Å²) in [6.07, 6.45) is 3.34. The van der Waals surface area contributed by atoms with Crippen LogP contribution in [0.15, 0.2) is 0 Å². The van der Waals surface area contributed by atoms with Gasteiger partial charge in [-0.25, -0.2) is 0 Å². The van der Waals surface area contributed by atoms with Crippen LogP contribution in [0.1, 0.15) is 36.0 Å². The number of amides is 1. The molecule has 1 fully saturated rings. The molecule has 2 rings (SSSR count). The van der Waals surface area contributed by atoms with Crippen molar-refractivity contribution >= 4 is 28.8 Å². The Balaban J connectivity index is 2.13. The highest BCUT2D eigenvalue weighted by Crippen LogP contribution is 2.22. The molecule has 1 amide bonds. The summed E-state index contributed by atoms with van der Waals surface area (Å²) in [6.45, 7) is 2.89. The van der Waals surface area contributed by atoms with Crippen LogP contribution in [0.3, 0.4) is 0 Å². The molecule has 1 aliphatic rings. The Kier molecular flexibility index (Phi) is 3.21. The van der Waals surface area contributed by atoms with E-state index in [0.717, 1.165) is 30.7 Å². The van der Waals surface area contributed by atoms with Gasteiger partial charge in [0.15, 0.2) is 0 Å². The van der Waals surface area contributed by atoms with Gasteiger partial charge in [-0.05, 0) is 37.8 Å². The molecule has 0 N–H and O–H groups in total. The molecular formula is C9H12ClN3OS. The Morgan fingerprint density at radius 3 is 2.93 bits per heavy atom. The minimum Gasteiger partial charge on any atom is -0.334 e. The average molecular weight is 246 g/mol. The average Bonchev–Trinajstić information content (AvgIpc) is 2.65. The van der Waals surface area contributed by atoms with Crippen LogP contribution in [0, 0.1) is 0 Å². The SMILES string of the molecule is CC1CCCCN1C(=O)c1nnc(Cl)s1. The molecule has 1 unspecified atom stereocenters. The van der Waals surface area contributed by atoms with E-state index in [4.69, 9.17) is 11.6 Å². The molecule has 1 aliphatic heterocycles. The fourth-order valence-corrected chi connectivity index (χ4v) is 2.60. The van der Waals surface area contributed by atoms with Crippen LogP contribution in [0.4, 0.5) is 0 Å². The number of nitrogens with zero attached hydrogens (tertiary/aromatic N) is 3. The summed E-state index contributed by atoms with van der Waals surface area (Å²) >= 11 is 6.80. The van der Waals surface area contributed by atoms with Crippen molar-refractivity contribution in [2.75, 3.05) is 6.54 Å². The maximum Gasteiger partial charge on any atom is 0.285 e. The smallest absolute Gasteiger partial charge is 0.285 e. The van der Waals surface area contributed by atoms with Crippen molar-refractivity contribution < 1.29 is 4.79 Å². The molecule has 0 bridgehead atoms. The van der Waals surface area contributed by atoms with Gasteiger partial charge in [-0.2, -0.15) is 0 Å². The van der Waals surface area contributed by atoms with Crippen molar-refractivity contribution in [1.82, 2.24) is 15.1 Å². The first-order valence-corrected chi connectivity index (χ1v) is 6.18. The molecule has 6 heteroatoms. The van der Waals surface area contributed by atoms with Gasteiger partial charge in [0.1, 0.15) is 0 Å². The number of piperidine rings is 1. The normalized spacial score (nSPS) is 21.7. The van der Waals surface area contributed by atoms with E-state index in [1.54, 1.807) is 0 Å². The summed E-state index contributed by atoms with van der Waals surface area (Å²) in [5.74, 6) is -0.0356. The van der Waals surface area contributed by atoms with Gasteiger partial charge in [-0.3, -0.25) is 4.79 Å². The minimum atomic E-state index is -0.0356. The molecule has 0 radical (unpaired) electrons. The molecule has 82 valence electrons. The summed E-state index contributed by atoms with van der Waals surface area (Å²) in [6, 6.07) is 0.300. The van der Waals surface area contributed by atoms with Gasteiger partial charge >= 0.3 is 0 Å². The first-order valence-electron chi connectivity index (χ1n) is 4.98. The maximum absolute atomic E-state index is 12.0. The Hall–Kier alpha value is -0.680. The molecule has 0 aromatic carbocycles. The highest BCUT2D eigenvalue weighted by atomic mass is 35.5. The lowest BCUT2D eigenvalue weighted by Crippen LogP contribution is -2.42. The molecule has 4 nitrogen and oxygen atoms in total. The van der Waals surface area contributed by atoms with E-state index in [1.807, 2.05) is 4.90 Å². The molecule has 1 aromatic rings. The Labute approximate surface area is 97.3 Å². The summed E-state index contributed by atoms with van der Waals surface area (Å²) in [5, 5.41) is 7.81. The van der Waals surface area contributed by atoms with Gasteiger partial charge in [0.2, 0.25) is 9.47 Å². The summed E-state index contributed by atoms with van der Waals surface area (Å²) in [5.41, 5.74) is 0. The third-order valence-corrected chi connectivity index (χ3v) is 3.65. The van der Waals surface area contributed by atoms with Crippen molar-refractivity contribution in [3.05, 3.63) is 9.47 Å². The lowest BCUT2D eigenvalue weighted by atomic mass is 10.0. The number of rotatable bonds is 1. The van der Waals surface area contributed by atoms with Crippen LogP contribution < -0.4 is 0 Å². The lowest BCUT2D eigenvalue weighted by molar-refractivity contribution is 0.0634. The molecule has 1 saturated heterocycles. The van der Waals surface area contributed by atoms with Gasteiger partial charge in [0, 0.05) is 12.6 Å². The van der Waals surface area contributed by atoms with E-state index < -0.39 is 0 Å². The van der Waals surface area contributed by atoms with E-state index in [-0.39, 0.29) is 5.91 Å². The quantitative estimate of drug-likeness (QED) is 0.762. The van der Waals surface area contributed by atoms with Crippen LogP contribution >= 0.6 is 22.9 Å². The first kappa shape index (κ1) is 10.8. The van der Waals surface area contributed by atoms with Crippen LogP contribution in [0.5, 0.6) is 0 Å². The second-order valence-electron chi connectivity index (χ2n) is 3.70. The highest BCUT2D eigenvalue weighted by Gasteiger charge is 2.26. The number of halogens is 1. The van der Waals surface area contributed by atoms with Gasteiger partial charge in [-0.15, -0.1) is 10.2 Å². The van der Waals surface area contributed by atoms with E-state index in [0.29, 0.717) is 15.5 Å². The Morgan fingerprint density at radius 1 is 1.53 bits per heavy atom. The van der Waals surface area contributed by atoms with Crippen LogP contribution in [0.25, 0.3) is 0 Å². The molecule has 15 heavy (non-hydrogen) atoms. The third kappa shape index (κ3) is 2.29. The zero-order valence-electron chi connectivity index (χ0n) is 8.44. The first-order chi connectivity index (χ1) is 7.18. The van der Waals surface area contributed by atoms with Gasteiger partial charge < -0.3 is 4.90 Å². The largest absolute Gasteiger partial charge is 0.334 e. The lowest BCUT2D eigenvalue weighted by Gasteiger charge is -2.32. The van der Waals surface area contributed by atoms with Crippen molar-refractivity contribution in [1.29, 1.82) is 0 Å². The fourth-order valence-electron chi connectivity index (χ4n) is 1.81. The van der Waals surface area contributed by atoms with Crippen LogP contribution in [-0.4, -0.2) is 33.6 Å². The van der Waals surface area contributed by atoms with Gasteiger partial charge in [0.25, 0.3) is 5.91 Å². The topological polar surface area (TPSA) is 46.1 Å². The Morgan fingerprint density at radius 2 is 2.33 bits per heavy atom. The minimum absolute atomic E-state index is 0.0356. The van der Waals surface area contributed by atoms with Crippen LogP contribution in [-0.2, 0) is 0 Å². The monoisotopic (exact) mass is 245 g/mol. The zero-order valence-corrected chi connectivity index (χ0v) is 10.0. The number of carbonyl (C=O) groups is 1. The number of hydrogen-bond acceptors (Lipinski definition) is 4. The Bertz CT molecular complexity index is 368. The molecule has 1 aromatic heterocycles. The number of aromatic nitrogens is 2. The van der Waals surface area contributed by atoms with E-state index in [9.17, 15) is 4.79 Å². The second-order valence-corrected chi connectivity index (χ2v) is 5.26. The molecule has 1 atom stereocenters. The maximum atomic E-state index is 12.0. The van der Waals surface area contributed by atoms with Crippen molar-refractivity contribution in [3.8, 4) is 0 Å². The van der Waals surface area contributed by atoms with Crippen molar-refractivity contribution in [2.24, 2.45) is 0 Å². The molecule has 0 aliphatic carbocycles. The van der Waals surface area contributed by atoms with Crippen molar-refractivity contribution in [3.63, 3.8) is 0 Å². The number of hydrogen-bond donors (Lipinski definition) is 0. The summed E-state index contributed by atoms with van der Waals surface area (Å²) in [4.78, 5) is 13.9. The van der Waals surface area contributed by atoms with Crippen molar-refractivity contribution in [2.45, 2.75) is 32.2 Å². The molecular weight excluding hydrogens is 234 g/mol. The molecule has 2 heterocycles. The third-order valence-electron chi connectivity index (χ3n) is 2.65. The fraction of sp³-hybridized carbons (Fsp3) is 0.667. The summed E-state index contributed by atoms with van der Waals surface area (Å²) < 4.78 is 0.322. The van der Waals surface area contributed by atoms with Crippen LogP contribution in [0.2, 0.25) is 4.47 Å². The summed E-state index contributed by atoms with van der Waals surface area (Å²) in [7, 11) is 0. The predicted octanol–water partition coefficient (Wildman–Crippen LogP) is 2.21. The van der Waals surface area contributed by atoms with E-state index in [1.165, 1.54) is 6.42 Å². The standard InChI is InChI=1S/C9H12ClN3OS/c1-6-4-2-3-5-13(6)8(14)7-11-12-9(10)15-7/h6H,2-5H2,1H3. The number of likely N-dealkylation sites (tertiary alicyclic amines) is 1. The highest BCUT2D eigenvalue weighted by molar-refractivity contribution is 7.17. The number of carbonyl (C=O) groups excluding carboxylic acids is 1. The molecule has 0 spiro atoms. The molecule has 0 saturated carbocycles. The van der Waals surface area contributed by atoms with E-state index in [2.05, 4.69) is 17.1 Å². The van der Waals surface area contributed by atoms with E-state index >= 15 is 0 Å². The predicted molar refractivity (Wildman–Crippen MR) is 59.3 cm³/mol.